The number of benzene rings is 1. The van der Waals surface area contributed by atoms with Crippen LogP contribution in [0, 0.1) is 19.3 Å². The molecular formula is C21H28N4O. The topological polar surface area (TPSA) is 49.3 Å². The third-order valence-corrected chi connectivity index (χ3v) is 4.65. The summed E-state index contributed by atoms with van der Waals surface area (Å²) in [7, 11) is 0. The Hall–Kier alpha value is -2.43. The van der Waals surface area contributed by atoms with Gasteiger partial charge in [-0.3, -0.25) is 4.79 Å². The second-order valence-corrected chi connectivity index (χ2v) is 8.09. The molecule has 1 aromatic heterocycles. The Bertz CT molecular complexity index is 802. The highest BCUT2D eigenvalue weighted by atomic mass is 16.2. The zero-order valence-corrected chi connectivity index (χ0v) is 16.4. The molecule has 1 aliphatic heterocycles. The van der Waals surface area contributed by atoms with Gasteiger partial charge in [0, 0.05) is 48.9 Å². The first kappa shape index (κ1) is 18.4. The number of nitrogens with zero attached hydrogens (tertiary/aromatic N) is 4. The molecule has 26 heavy (non-hydrogen) atoms. The number of hydrogen-bond acceptors (Lipinski definition) is 4. The van der Waals surface area contributed by atoms with Gasteiger partial charge in [0.2, 0.25) is 5.91 Å². The third-order valence-electron chi connectivity index (χ3n) is 4.65. The van der Waals surface area contributed by atoms with E-state index in [1.165, 1.54) is 5.56 Å². The Morgan fingerprint density at radius 1 is 1.00 bits per heavy atom. The van der Waals surface area contributed by atoms with Crippen LogP contribution in [0.4, 0.5) is 5.82 Å². The second kappa shape index (κ2) is 7.06. The molecule has 1 amide bonds. The van der Waals surface area contributed by atoms with Crippen molar-refractivity contribution in [1.29, 1.82) is 0 Å². The van der Waals surface area contributed by atoms with E-state index in [1.54, 1.807) is 0 Å². The minimum atomic E-state index is -0.327. The van der Waals surface area contributed by atoms with Gasteiger partial charge in [-0.1, -0.05) is 44.5 Å². The van der Waals surface area contributed by atoms with Crippen LogP contribution in [0.15, 0.2) is 30.3 Å². The zero-order valence-electron chi connectivity index (χ0n) is 16.4. The third kappa shape index (κ3) is 4.03. The van der Waals surface area contributed by atoms with Crippen molar-refractivity contribution in [2.75, 3.05) is 31.1 Å². The van der Waals surface area contributed by atoms with E-state index >= 15 is 0 Å². The van der Waals surface area contributed by atoms with Gasteiger partial charge < -0.3 is 9.80 Å². The molecule has 138 valence electrons. The van der Waals surface area contributed by atoms with Crippen molar-refractivity contribution in [1.82, 2.24) is 14.9 Å². The van der Waals surface area contributed by atoms with E-state index in [4.69, 9.17) is 4.98 Å². The molecule has 1 saturated heterocycles. The van der Waals surface area contributed by atoms with Crippen molar-refractivity contribution < 1.29 is 4.79 Å². The summed E-state index contributed by atoms with van der Waals surface area (Å²) in [5.74, 6) is 1.92. The van der Waals surface area contributed by atoms with Gasteiger partial charge in [-0.2, -0.15) is 0 Å². The zero-order chi connectivity index (χ0) is 18.9. The summed E-state index contributed by atoms with van der Waals surface area (Å²) in [4.78, 5) is 26.1. The molecule has 2 heterocycles. The van der Waals surface area contributed by atoms with Crippen LogP contribution >= 0.6 is 0 Å². The van der Waals surface area contributed by atoms with Crippen LogP contribution in [0.2, 0.25) is 0 Å². The van der Waals surface area contributed by atoms with Crippen molar-refractivity contribution in [2.45, 2.75) is 34.6 Å². The van der Waals surface area contributed by atoms with E-state index < -0.39 is 0 Å². The highest BCUT2D eigenvalue weighted by Gasteiger charge is 2.30. The van der Waals surface area contributed by atoms with E-state index in [1.807, 2.05) is 50.8 Å². The highest BCUT2D eigenvalue weighted by molar-refractivity contribution is 5.81. The van der Waals surface area contributed by atoms with Gasteiger partial charge in [-0.05, 0) is 19.9 Å². The van der Waals surface area contributed by atoms with Crippen LogP contribution in [0.25, 0.3) is 11.4 Å². The van der Waals surface area contributed by atoms with Gasteiger partial charge in [-0.15, -0.1) is 0 Å². The summed E-state index contributed by atoms with van der Waals surface area (Å²) in [6.07, 6.45) is 0. The minimum Gasteiger partial charge on any atom is -0.353 e. The quantitative estimate of drug-likeness (QED) is 0.830. The van der Waals surface area contributed by atoms with Crippen LogP contribution in [0.3, 0.4) is 0 Å². The fraction of sp³-hybridized carbons (Fsp3) is 0.476. The largest absolute Gasteiger partial charge is 0.353 e. The van der Waals surface area contributed by atoms with Crippen LogP contribution < -0.4 is 4.90 Å². The number of aromatic nitrogens is 2. The standard InChI is InChI=1S/C21H28N4O/c1-15-7-6-8-17(13-15)19-22-16(2)14-18(23-19)24-9-11-25(12-10-24)20(26)21(3,4)5/h6-8,13-14H,9-12H2,1-5H3. The van der Waals surface area contributed by atoms with Crippen LogP contribution in [-0.2, 0) is 4.79 Å². The molecule has 5 nitrogen and oxygen atoms in total. The molecule has 0 unspecified atom stereocenters. The van der Waals surface area contributed by atoms with E-state index in [2.05, 4.69) is 28.9 Å². The molecule has 0 atom stereocenters. The van der Waals surface area contributed by atoms with Gasteiger partial charge in [0.25, 0.3) is 0 Å². The first-order valence-electron chi connectivity index (χ1n) is 9.21. The van der Waals surface area contributed by atoms with Crippen molar-refractivity contribution in [2.24, 2.45) is 5.41 Å². The average Bonchev–Trinajstić information content (AvgIpc) is 2.60. The second-order valence-electron chi connectivity index (χ2n) is 8.09. The molecule has 0 aliphatic carbocycles. The lowest BCUT2D eigenvalue weighted by Gasteiger charge is -2.38. The molecule has 2 aromatic rings. The normalized spacial score (nSPS) is 15.3. The number of piperazine rings is 1. The van der Waals surface area contributed by atoms with Gasteiger partial charge in [0.15, 0.2) is 5.82 Å². The number of anilines is 1. The lowest BCUT2D eigenvalue weighted by molar-refractivity contribution is -0.139. The Morgan fingerprint density at radius 2 is 1.69 bits per heavy atom. The molecule has 1 fully saturated rings. The molecule has 0 N–H and O–H groups in total. The number of amides is 1. The van der Waals surface area contributed by atoms with E-state index in [9.17, 15) is 4.79 Å². The summed E-state index contributed by atoms with van der Waals surface area (Å²) in [5, 5.41) is 0. The Balaban J connectivity index is 1.78. The van der Waals surface area contributed by atoms with E-state index in [-0.39, 0.29) is 11.3 Å². The summed E-state index contributed by atoms with van der Waals surface area (Å²) in [5.41, 5.74) is 2.87. The molecule has 5 heteroatoms. The lowest BCUT2D eigenvalue weighted by atomic mass is 9.94. The van der Waals surface area contributed by atoms with Crippen molar-refractivity contribution in [3.05, 3.63) is 41.6 Å². The number of hydrogen-bond donors (Lipinski definition) is 0. The molecule has 1 aliphatic rings. The number of carbonyl (C=O) groups excluding carboxylic acids is 1. The van der Waals surface area contributed by atoms with Crippen molar-refractivity contribution in [3.8, 4) is 11.4 Å². The van der Waals surface area contributed by atoms with Gasteiger partial charge in [0.1, 0.15) is 5.82 Å². The first-order valence-corrected chi connectivity index (χ1v) is 9.21. The number of aryl methyl sites for hydroxylation is 2. The molecule has 0 radical (unpaired) electrons. The lowest BCUT2D eigenvalue weighted by Crippen LogP contribution is -2.51. The molecule has 0 saturated carbocycles. The predicted octanol–water partition coefficient (Wildman–Crippen LogP) is 3.46. The van der Waals surface area contributed by atoms with E-state index in [0.29, 0.717) is 0 Å². The molecule has 0 bridgehead atoms. The molecule has 0 spiro atoms. The monoisotopic (exact) mass is 352 g/mol. The SMILES string of the molecule is Cc1cccc(-c2nc(C)cc(N3CCN(C(=O)C(C)(C)C)CC3)n2)c1. The molecule has 3 rings (SSSR count). The Morgan fingerprint density at radius 3 is 2.31 bits per heavy atom. The van der Waals surface area contributed by atoms with E-state index in [0.717, 1.165) is 49.1 Å². The summed E-state index contributed by atoms with van der Waals surface area (Å²) >= 11 is 0. The van der Waals surface area contributed by atoms with Crippen molar-refractivity contribution in [3.63, 3.8) is 0 Å². The maximum atomic E-state index is 12.5. The maximum absolute atomic E-state index is 12.5. The smallest absolute Gasteiger partial charge is 0.228 e. The minimum absolute atomic E-state index is 0.219. The number of rotatable bonds is 2. The predicted molar refractivity (Wildman–Crippen MR) is 105 cm³/mol. The highest BCUT2D eigenvalue weighted by Crippen LogP contribution is 2.23. The maximum Gasteiger partial charge on any atom is 0.228 e. The van der Waals surface area contributed by atoms with Gasteiger partial charge in [0.05, 0.1) is 0 Å². The van der Waals surface area contributed by atoms with Crippen LogP contribution in [0.5, 0.6) is 0 Å². The average molecular weight is 352 g/mol. The number of carbonyl (C=O) groups is 1. The van der Waals surface area contributed by atoms with Crippen LogP contribution in [0.1, 0.15) is 32.0 Å². The fourth-order valence-corrected chi connectivity index (χ4v) is 3.24. The fourth-order valence-electron chi connectivity index (χ4n) is 3.24. The molecule has 1 aromatic carbocycles. The van der Waals surface area contributed by atoms with Gasteiger partial charge in [-0.25, -0.2) is 9.97 Å². The summed E-state index contributed by atoms with van der Waals surface area (Å²) in [6.45, 7) is 13.1. The Labute approximate surface area is 156 Å². The first-order chi connectivity index (χ1) is 12.2. The summed E-state index contributed by atoms with van der Waals surface area (Å²) in [6, 6.07) is 10.3. The Kier molecular flexibility index (Phi) is 4.99. The molecular weight excluding hydrogens is 324 g/mol. The van der Waals surface area contributed by atoms with Gasteiger partial charge >= 0.3 is 0 Å². The summed E-state index contributed by atoms with van der Waals surface area (Å²) < 4.78 is 0. The van der Waals surface area contributed by atoms with Crippen molar-refractivity contribution >= 4 is 11.7 Å². The van der Waals surface area contributed by atoms with Crippen LogP contribution in [-0.4, -0.2) is 47.0 Å².